The Labute approximate surface area is 134 Å². The second-order valence-corrected chi connectivity index (χ2v) is 7.90. The fraction of sp³-hybridized carbons (Fsp3) is 0.0833. The lowest BCUT2D eigenvalue weighted by atomic mass is 10.1. The van der Waals surface area contributed by atoms with Crippen LogP contribution in [0.5, 0.6) is 0 Å². The van der Waals surface area contributed by atoms with Crippen molar-refractivity contribution in [3.05, 3.63) is 39.2 Å². The van der Waals surface area contributed by atoms with E-state index in [0.29, 0.717) is 11.4 Å². The summed E-state index contributed by atoms with van der Waals surface area (Å²) in [5.74, 6) is -0.172. The Balaban J connectivity index is 2.00. The Morgan fingerprint density at radius 1 is 1.29 bits per heavy atom. The van der Waals surface area contributed by atoms with E-state index in [0.717, 1.165) is 16.9 Å². The first-order chi connectivity index (χ1) is 9.88. The molecule has 21 heavy (non-hydrogen) atoms. The van der Waals surface area contributed by atoms with Crippen LogP contribution in [-0.2, 0) is 21.2 Å². The van der Waals surface area contributed by atoms with E-state index in [1.54, 1.807) is 18.2 Å². The quantitative estimate of drug-likeness (QED) is 0.878. The summed E-state index contributed by atoms with van der Waals surface area (Å²) in [6.07, 6.45) is 0.233. The number of hydrogen-bond acceptors (Lipinski definition) is 4. The third-order valence-corrected chi connectivity index (χ3v) is 6.95. The second kappa shape index (κ2) is 5.17. The van der Waals surface area contributed by atoms with Gasteiger partial charge in [-0.3, -0.25) is 9.52 Å². The minimum atomic E-state index is -3.86. The van der Waals surface area contributed by atoms with Gasteiger partial charge in [-0.25, -0.2) is 8.42 Å². The zero-order chi connectivity index (χ0) is 15.2. The van der Waals surface area contributed by atoms with Crippen molar-refractivity contribution in [3.8, 4) is 0 Å². The number of amides is 1. The van der Waals surface area contributed by atoms with Gasteiger partial charge in [0.25, 0.3) is 10.0 Å². The molecule has 9 heteroatoms. The summed E-state index contributed by atoms with van der Waals surface area (Å²) in [7, 11) is -3.86. The van der Waals surface area contributed by atoms with Gasteiger partial charge in [0.2, 0.25) is 5.91 Å². The van der Waals surface area contributed by atoms with Crippen LogP contribution in [0.15, 0.2) is 27.8 Å². The third-order valence-electron chi connectivity index (χ3n) is 2.91. The van der Waals surface area contributed by atoms with Crippen LogP contribution in [-0.4, -0.2) is 14.3 Å². The summed E-state index contributed by atoms with van der Waals surface area (Å²) in [6, 6.07) is 5.02. The molecule has 0 aliphatic carbocycles. The van der Waals surface area contributed by atoms with Crippen molar-refractivity contribution in [2.45, 2.75) is 10.6 Å². The number of anilines is 2. The van der Waals surface area contributed by atoms with Crippen LogP contribution in [0.2, 0.25) is 10.0 Å². The smallest absolute Gasteiger partial charge is 0.273 e. The highest BCUT2D eigenvalue weighted by Gasteiger charge is 2.26. The first-order valence-electron chi connectivity index (χ1n) is 5.75. The highest BCUT2D eigenvalue weighted by molar-refractivity contribution is 7.94. The van der Waals surface area contributed by atoms with Crippen LogP contribution in [0.1, 0.15) is 5.56 Å². The molecular weight excluding hydrogens is 355 g/mol. The monoisotopic (exact) mass is 362 g/mol. The van der Waals surface area contributed by atoms with Crippen molar-refractivity contribution < 1.29 is 13.2 Å². The summed E-state index contributed by atoms with van der Waals surface area (Å²) >= 11 is 12.6. The summed E-state index contributed by atoms with van der Waals surface area (Å²) in [4.78, 5) is 11.4. The molecule has 5 nitrogen and oxygen atoms in total. The van der Waals surface area contributed by atoms with Crippen LogP contribution in [0.3, 0.4) is 0 Å². The molecule has 0 unspecified atom stereocenters. The fourth-order valence-corrected chi connectivity index (χ4v) is 5.13. The van der Waals surface area contributed by atoms with Crippen LogP contribution >= 0.6 is 34.5 Å². The van der Waals surface area contributed by atoms with E-state index in [9.17, 15) is 13.2 Å². The number of thiophene rings is 1. The van der Waals surface area contributed by atoms with Crippen molar-refractivity contribution in [1.82, 2.24) is 0 Å². The van der Waals surface area contributed by atoms with E-state index in [1.807, 2.05) is 0 Å². The van der Waals surface area contributed by atoms with E-state index in [4.69, 9.17) is 23.2 Å². The lowest BCUT2D eigenvalue weighted by molar-refractivity contribution is -0.115. The van der Waals surface area contributed by atoms with Crippen molar-refractivity contribution in [2.24, 2.45) is 0 Å². The van der Waals surface area contributed by atoms with Gasteiger partial charge in [0, 0.05) is 5.38 Å². The predicted molar refractivity (Wildman–Crippen MR) is 83.9 cm³/mol. The van der Waals surface area contributed by atoms with E-state index >= 15 is 0 Å². The summed E-state index contributed by atoms with van der Waals surface area (Å²) < 4.78 is 27.1. The lowest BCUT2D eigenvalue weighted by Gasteiger charge is -2.11. The summed E-state index contributed by atoms with van der Waals surface area (Å²) in [5, 5.41) is 4.27. The van der Waals surface area contributed by atoms with Crippen molar-refractivity contribution >= 4 is 61.8 Å². The maximum absolute atomic E-state index is 12.4. The van der Waals surface area contributed by atoms with Gasteiger partial charge in [-0.05, 0) is 11.6 Å². The second-order valence-electron chi connectivity index (χ2n) is 4.36. The van der Waals surface area contributed by atoms with Crippen LogP contribution in [0.25, 0.3) is 0 Å². The Kier molecular flexibility index (Phi) is 3.61. The largest absolute Gasteiger partial charge is 0.324 e. The summed E-state index contributed by atoms with van der Waals surface area (Å²) in [6.45, 7) is 0. The Morgan fingerprint density at radius 2 is 2.05 bits per heavy atom. The molecule has 0 bridgehead atoms. The molecule has 0 fully saturated rings. The number of rotatable bonds is 3. The molecule has 0 atom stereocenters. The molecule has 0 spiro atoms. The maximum atomic E-state index is 12.4. The highest BCUT2D eigenvalue weighted by atomic mass is 35.5. The molecule has 0 radical (unpaired) electrons. The molecule has 1 amide bonds. The average molecular weight is 363 g/mol. The number of halogens is 2. The van der Waals surface area contributed by atoms with Gasteiger partial charge >= 0.3 is 0 Å². The van der Waals surface area contributed by atoms with Gasteiger partial charge in [0.1, 0.15) is 0 Å². The van der Waals surface area contributed by atoms with Gasteiger partial charge in [-0.15, -0.1) is 11.3 Å². The maximum Gasteiger partial charge on any atom is 0.273 e. The van der Waals surface area contributed by atoms with Crippen molar-refractivity contribution in [3.63, 3.8) is 0 Å². The van der Waals surface area contributed by atoms with Crippen LogP contribution in [0.4, 0.5) is 11.4 Å². The average Bonchev–Trinajstić information content (AvgIpc) is 2.94. The molecule has 1 aliphatic heterocycles. The van der Waals surface area contributed by atoms with Gasteiger partial charge in [-0.2, -0.15) is 0 Å². The van der Waals surface area contributed by atoms with Gasteiger partial charge in [0.05, 0.1) is 27.8 Å². The fourth-order valence-electron chi connectivity index (χ4n) is 2.02. The highest BCUT2D eigenvalue weighted by Crippen LogP contribution is 2.38. The molecule has 2 aromatic rings. The van der Waals surface area contributed by atoms with Gasteiger partial charge in [-0.1, -0.05) is 35.3 Å². The predicted octanol–water partition coefficient (Wildman–Crippen LogP) is 3.35. The van der Waals surface area contributed by atoms with Gasteiger partial charge in [0.15, 0.2) is 4.21 Å². The number of para-hydroxylation sites is 1. The first-order valence-corrected chi connectivity index (χ1v) is 8.87. The molecule has 2 heterocycles. The van der Waals surface area contributed by atoms with Crippen molar-refractivity contribution in [2.75, 3.05) is 10.0 Å². The number of carbonyl (C=O) groups is 1. The minimum Gasteiger partial charge on any atom is -0.324 e. The minimum absolute atomic E-state index is 0.00854. The molecule has 2 N–H and O–H groups in total. The Bertz CT molecular complexity index is 846. The van der Waals surface area contributed by atoms with Crippen LogP contribution in [0, 0.1) is 0 Å². The normalized spacial score (nSPS) is 13.9. The molecular formula is C12H8Cl2N2O3S2. The SMILES string of the molecule is O=C1Cc2cccc(NS(=O)(=O)c3scc(Cl)c3Cl)c2N1. The molecule has 110 valence electrons. The Morgan fingerprint density at radius 3 is 2.71 bits per heavy atom. The number of nitrogens with one attached hydrogen (secondary N) is 2. The molecule has 0 saturated heterocycles. The molecule has 3 rings (SSSR count). The van der Waals surface area contributed by atoms with E-state index in [1.165, 1.54) is 5.38 Å². The number of carbonyl (C=O) groups excluding carboxylic acids is 1. The lowest BCUT2D eigenvalue weighted by Crippen LogP contribution is -2.13. The van der Waals surface area contributed by atoms with Gasteiger partial charge < -0.3 is 5.32 Å². The van der Waals surface area contributed by atoms with Crippen molar-refractivity contribution in [1.29, 1.82) is 0 Å². The zero-order valence-corrected chi connectivity index (χ0v) is 13.5. The number of sulfonamides is 1. The molecule has 1 aliphatic rings. The van der Waals surface area contributed by atoms with E-state index in [2.05, 4.69) is 10.0 Å². The van der Waals surface area contributed by atoms with E-state index < -0.39 is 10.0 Å². The number of benzene rings is 1. The molecule has 1 aromatic carbocycles. The molecule has 0 saturated carbocycles. The topological polar surface area (TPSA) is 75.3 Å². The number of hydrogen-bond donors (Lipinski definition) is 2. The summed E-state index contributed by atoms with van der Waals surface area (Å²) in [5.41, 5.74) is 1.53. The third kappa shape index (κ3) is 2.62. The number of fused-ring (bicyclic) bond motifs is 1. The molecule has 1 aromatic heterocycles. The van der Waals surface area contributed by atoms with E-state index in [-0.39, 0.29) is 26.6 Å². The standard InChI is InChI=1S/C12H8Cl2N2O3S2/c13-7-5-20-12(10(7)14)21(18,19)16-8-3-1-2-6-4-9(17)15-11(6)8/h1-3,5,16H,4H2,(H,15,17). The zero-order valence-electron chi connectivity index (χ0n) is 10.3. The first kappa shape index (κ1) is 14.6. The Hall–Kier alpha value is -1.28. The van der Waals surface area contributed by atoms with Crippen LogP contribution < -0.4 is 10.0 Å².